The number of hydrogen-bond donors (Lipinski definition) is 0. The first-order valence-corrected chi connectivity index (χ1v) is 7.06. The molecular formula is C19H23N. The number of aromatic nitrogens is 1. The number of pyridine rings is 1. The lowest BCUT2D eigenvalue weighted by Crippen LogP contribution is -2.26. The third-order valence-electron chi connectivity index (χ3n) is 2.86. The van der Waals surface area contributed by atoms with Gasteiger partial charge in [0.25, 0.3) is 0 Å². The molecule has 0 amide bonds. The van der Waals surface area contributed by atoms with Gasteiger partial charge >= 0.3 is 0 Å². The normalized spacial score (nSPS) is 12.3. The highest BCUT2D eigenvalue weighted by atomic mass is 14.6. The summed E-state index contributed by atoms with van der Waals surface area (Å²) in [5.74, 6) is 0. The quantitative estimate of drug-likeness (QED) is 0.810. The van der Waals surface area contributed by atoms with E-state index in [4.69, 9.17) is 0 Å². The van der Waals surface area contributed by atoms with E-state index in [-0.39, 0.29) is 0 Å². The maximum atomic E-state index is 4.23. The van der Waals surface area contributed by atoms with Gasteiger partial charge in [-0.15, -0.1) is 0 Å². The van der Waals surface area contributed by atoms with Gasteiger partial charge in [-0.2, -0.15) is 0 Å². The molecule has 0 unspecified atom stereocenters. The monoisotopic (exact) mass is 265 g/mol. The van der Waals surface area contributed by atoms with E-state index < -0.39 is 0 Å². The molecule has 0 saturated heterocycles. The summed E-state index contributed by atoms with van der Waals surface area (Å²) in [5, 5.41) is 2.20. The molecule has 0 radical (unpaired) electrons. The summed E-state index contributed by atoms with van der Waals surface area (Å²) in [7, 11) is 0. The Kier molecular flexibility index (Phi) is 7.74. The van der Waals surface area contributed by atoms with Crippen LogP contribution in [0.4, 0.5) is 0 Å². The zero-order valence-electron chi connectivity index (χ0n) is 12.6. The van der Waals surface area contributed by atoms with Crippen molar-refractivity contribution in [3.8, 4) is 0 Å². The Hall–Kier alpha value is -2.15. The molecule has 0 aliphatic carbocycles. The summed E-state index contributed by atoms with van der Waals surface area (Å²) in [6.45, 7) is 6.16. The van der Waals surface area contributed by atoms with Gasteiger partial charge in [-0.25, -0.2) is 0 Å². The third kappa shape index (κ3) is 5.66. The molecule has 2 aromatic rings. The van der Waals surface area contributed by atoms with Crippen molar-refractivity contribution in [2.24, 2.45) is 0 Å². The topological polar surface area (TPSA) is 12.9 Å². The fourth-order valence-electron chi connectivity index (χ4n) is 1.73. The number of nitrogens with zero attached hydrogens (tertiary/aromatic N) is 1. The Morgan fingerprint density at radius 3 is 2.30 bits per heavy atom. The molecule has 1 heterocycles. The van der Waals surface area contributed by atoms with Crippen LogP contribution in [0.5, 0.6) is 0 Å². The molecule has 0 N–H and O–H groups in total. The largest absolute Gasteiger partial charge is 0.257 e. The van der Waals surface area contributed by atoms with Gasteiger partial charge in [0.2, 0.25) is 0 Å². The fraction of sp³-hybridized carbons (Fsp3) is 0.211. The lowest BCUT2D eigenvalue weighted by Gasteiger charge is -1.89. The molecule has 1 heteroatoms. The maximum Gasteiger partial charge on any atom is 0.0659 e. The Morgan fingerprint density at radius 2 is 1.75 bits per heavy atom. The molecule has 20 heavy (non-hydrogen) atoms. The second-order valence-corrected chi connectivity index (χ2v) is 4.30. The van der Waals surface area contributed by atoms with Crippen molar-refractivity contribution in [3.63, 3.8) is 0 Å². The predicted octanol–water partition coefficient (Wildman–Crippen LogP) is 3.49. The fourth-order valence-corrected chi connectivity index (χ4v) is 1.73. The molecule has 0 spiro atoms. The standard InChI is InChI=1S/C11H13N.C8H10/c1-3-5-7-10-8-6-9-12-11(10)4-2;1-2-8-6-4-3-5-7-8/h3-9H,1-2H3;3-7H,2H2,1H3/b5-3-,10-7-,11-4-;. The zero-order chi connectivity index (χ0) is 14.6. The number of aryl methyl sites for hydroxylation is 1. The van der Waals surface area contributed by atoms with E-state index >= 15 is 0 Å². The van der Waals surface area contributed by atoms with E-state index in [0.29, 0.717) is 0 Å². The smallest absolute Gasteiger partial charge is 0.0659 e. The first kappa shape index (κ1) is 15.9. The summed E-state index contributed by atoms with van der Waals surface area (Å²) in [6.07, 6.45) is 11.0. The van der Waals surface area contributed by atoms with Crippen LogP contribution in [0.1, 0.15) is 26.3 Å². The first-order chi connectivity index (χ1) is 9.81. The van der Waals surface area contributed by atoms with E-state index in [1.807, 2.05) is 50.4 Å². The SMILES string of the molecule is CCc1ccccc1.C\C=C/C=c1/cccn/c1=C\C. The van der Waals surface area contributed by atoms with Crippen molar-refractivity contribution in [3.05, 3.63) is 76.9 Å². The van der Waals surface area contributed by atoms with Crippen LogP contribution in [0.15, 0.2) is 60.8 Å². The highest BCUT2D eigenvalue weighted by Gasteiger charge is 1.80. The van der Waals surface area contributed by atoms with Crippen LogP contribution >= 0.6 is 0 Å². The Labute approximate surface area is 122 Å². The van der Waals surface area contributed by atoms with Crippen molar-refractivity contribution in [2.45, 2.75) is 27.2 Å². The molecule has 0 bridgehead atoms. The molecule has 2 rings (SSSR count). The number of rotatable bonds is 2. The molecule has 1 aromatic heterocycles. The second-order valence-electron chi connectivity index (χ2n) is 4.30. The van der Waals surface area contributed by atoms with E-state index in [1.54, 1.807) is 0 Å². The van der Waals surface area contributed by atoms with E-state index in [2.05, 4.69) is 48.3 Å². The zero-order valence-corrected chi connectivity index (χ0v) is 12.6. The second kappa shape index (κ2) is 9.74. The van der Waals surface area contributed by atoms with Crippen LogP contribution < -0.4 is 10.6 Å². The summed E-state index contributed by atoms with van der Waals surface area (Å²) < 4.78 is 0. The number of hydrogen-bond acceptors (Lipinski definition) is 1. The lowest BCUT2D eigenvalue weighted by atomic mass is 10.2. The van der Waals surface area contributed by atoms with Gasteiger partial charge in [0.15, 0.2) is 0 Å². The average molecular weight is 265 g/mol. The molecule has 0 saturated carbocycles. The molecule has 1 aromatic carbocycles. The van der Waals surface area contributed by atoms with Gasteiger partial charge in [0, 0.05) is 6.20 Å². The third-order valence-corrected chi connectivity index (χ3v) is 2.86. The molecule has 1 nitrogen and oxygen atoms in total. The van der Waals surface area contributed by atoms with Crippen molar-refractivity contribution >= 4 is 12.2 Å². The van der Waals surface area contributed by atoms with Crippen LogP contribution in [0.3, 0.4) is 0 Å². The van der Waals surface area contributed by atoms with Gasteiger partial charge in [0.1, 0.15) is 0 Å². The summed E-state index contributed by atoms with van der Waals surface area (Å²) >= 11 is 0. The van der Waals surface area contributed by atoms with Gasteiger partial charge < -0.3 is 0 Å². The van der Waals surface area contributed by atoms with Crippen LogP contribution in [0.25, 0.3) is 12.2 Å². The minimum Gasteiger partial charge on any atom is -0.257 e. The first-order valence-electron chi connectivity index (χ1n) is 7.06. The Bertz CT molecular complexity index is 624. The maximum absolute atomic E-state index is 4.23. The molecule has 0 atom stereocenters. The average Bonchev–Trinajstić information content (AvgIpc) is 2.54. The Balaban J connectivity index is 0.000000217. The molecule has 0 aliphatic rings. The summed E-state index contributed by atoms with van der Waals surface area (Å²) in [4.78, 5) is 4.23. The number of benzene rings is 1. The number of allylic oxidation sites excluding steroid dienone is 2. The van der Waals surface area contributed by atoms with Crippen molar-refractivity contribution in [1.29, 1.82) is 0 Å². The molecule has 0 aliphatic heterocycles. The molecule has 0 fully saturated rings. The van der Waals surface area contributed by atoms with Crippen LogP contribution in [-0.4, -0.2) is 4.98 Å². The Morgan fingerprint density at radius 1 is 1.00 bits per heavy atom. The summed E-state index contributed by atoms with van der Waals surface area (Å²) in [6, 6.07) is 14.5. The van der Waals surface area contributed by atoms with Crippen molar-refractivity contribution < 1.29 is 0 Å². The van der Waals surface area contributed by atoms with E-state index in [1.165, 1.54) is 5.56 Å². The van der Waals surface area contributed by atoms with Crippen molar-refractivity contribution in [2.75, 3.05) is 0 Å². The van der Waals surface area contributed by atoms with Crippen molar-refractivity contribution in [1.82, 2.24) is 4.98 Å². The van der Waals surface area contributed by atoms with Gasteiger partial charge in [-0.05, 0) is 37.1 Å². The van der Waals surface area contributed by atoms with Gasteiger partial charge in [-0.3, -0.25) is 4.98 Å². The van der Waals surface area contributed by atoms with Gasteiger partial charge in [0.05, 0.1) is 5.35 Å². The van der Waals surface area contributed by atoms with E-state index in [9.17, 15) is 0 Å². The van der Waals surface area contributed by atoms with Crippen LogP contribution in [0.2, 0.25) is 0 Å². The van der Waals surface area contributed by atoms with E-state index in [0.717, 1.165) is 17.0 Å². The predicted molar refractivity (Wildman–Crippen MR) is 88.7 cm³/mol. The molecular weight excluding hydrogens is 242 g/mol. The minimum absolute atomic E-state index is 1.04. The molecule has 104 valence electrons. The van der Waals surface area contributed by atoms with Gasteiger partial charge in [-0.1, -0.05) is 67.6 Å². The lowest BCUT2D eigenvalue weighted by molar-refractivity contribution is 1.14. The van der Waals surface area contributed by atoms with Crippen LogP contribution in [-0.2, 0) is 6.42 Å². The highest BCUT2D eigenvalue weighted by molar-refractivity contribution is 5.37. The highest BCUT2D eigenvalue weighted by Crippen LogP contribution is 1.96. The van der Waals surface area contributed by atoms with Crippen LogP contribution in [0, 0.1) is 0 Å². The summed E-state index contributed by atoms with van der Waals surface area (Å²) in [5.41, 5.74) is 1.41. The minimum atomic E-state index is 1.04.